The molecule has 0 saturated carbocycles. The molecule has 0 bridgehead atoms. The smallest absolute Gasteiger partial charge is 0.149 e. The normalized spacial score (nSPS) is 17.5. The Balaban J connectivity index is 1.80. The Morgan fingerprint density at radius 1 is 1.30 bits per heavy atom. The van der Waals surface area contributed by atoms with Crippen molar-refractivity contribution < 1.29 is 0 Å². The van der Waals surface area contributed by atoms with Gasteiger partial charge in [0.25, 0.3) is 0 Å². The zero-order chi connectivity index (χ0) is 14.1. The predicted octanol–water partition coefficient (Wildman–Crippen LogP) is 1.73. The Morgan fingerprint density at radius 2 is 2.05 bits per heavy atom. The Hall–Kier alpha value is -1.22. The lowest BCUT2D eigenvalue weighted by molar-refractivity contribution is 0.179. The van der Waals surface area contributed by atoms with Crippen LogP contribution in [0.2, 0.25) is 0 Å². The van der Waals surface area contributed by atoms with E-state index in [-0.39, 0.29) is 0 Å². The molecule has 1 saturated heterocycles. The molecule has 0 unspecified atom stereocenters. The second kappa shape index (κ2) is 5.65. The fourth-order valence-electron chi connectivity index (χ4n) is 2.12. The fraction of sp³-hybridized carbons (Fsp3) is 0.500. The first kappa shape index (κ1) is 13.7. The van der Waals surface area contributed by atoms with Crippen molar-refractivity contribution in [2.45, 2.75) is 6.92 Å². The number of hydrogen-bond acceptors (Lipinski definition) is 8. The third-order valence-electron chi connectivity index (χ3n) is 3.31. The number of nitrogens with two attached hydrogens (primary N) is 1. The SMILES string of the molecule is Cc1csc(-c2c(N)nsc2NN2CCN(C)CC2)n1. The number of aryl methyl sites for hydroxylation is 1. The van der Waals surface area contributed by atoms with E-state index in [0.29, 0.717) is 5.82 Å². The van der Waals surface area contributed by atoms with Crippen molar-refractivity contribution in [2.24, 2.45) is 0 Å². The number of nitrogens with zero attached hydrogens (tertiary/aromatic N) is 4. The number of thiazole rings is 1. The monoisotopic (exact) mass is 310 g/mol. The van der Waals surface area contributed by atoms with Gasteiger partial charge in [-0.05, 0) is 25.5 Å². The van der Waals surface area contributed by atoms with Crippen LogP contribution >= 0.6 is 22.9 Å². The van der Waals surface area contributed by atoms with Gasteiger partial charge in [0.2, 0.25) is 0 Å². The van der Waals surface area contributed by atoms with Gasteiger partial charge in [0.15, 0.2) is 0 Å². The van der Waals surface area contributed by atoms with E-state index in [9.17, 15) is 0 Å². The quantitative estimate of drug-likeness (QED) is 0.900. The third-order valence-corrected chi connectivity index (χ3v) is 5.06. The lowest BCUT2D eigenvalue weighted by atomic mass is 10.3. The van der Waals surface area contributed by atoms with Gasteiger partial charge in [0, 0.05) is 37.3 Å². The molecule has 0 radical (unpaired) electrons. The lowest BCUT2D eigenvalue weighted by Gasteiger charge is -2.32. The number of hydrazine groups is 1. The largest absolute Gasteiger partial charge is 0.382 e. The van der Waals surface area contributed by atoms with Crippen LogP contribution in [0.15, 0.2) is 5.38 Å². The van der Waals surface area contributed by atoms with Gasteiger partial charge in [-0.1, -0.05) is 0 Å². The molecule has 0 atom stereocenters. The fourth-order valence-corrected chi connectivity index (χ4v) is 3.78. The summed E-state index contributed by atoms with van der Waals surface area (Å²) in [7, 11) is 2.14. The van der Waals surface area contributed by atoms with Gasteiger partial charge < -0.3 is 16.1 Å². The highest BCUT2D eigenvalue weighted by Gasteiger charge is 2.20. The van der Waals surface area contributed by atoms with E-state index in [1.165, 1.54) is 11.5 Å². The first-order valence-electron chi connectivity index (χ1n) is 6.51. The molecule has 3 rings (SSSR count). The highest BCUT2D eigenvalue weighted by atomic mass is 32.1. The van der Waals surface area contributed by atoms with E-state index >= 15 is 0 Å². The molecule has 6 nitrogen and oxygen atoms in total. The van der Waals surface area contributed by atoms with Crippen molar-refractivity contribution in [3.05, 3.63) is 11.1 Å². The summed E-state index contributed by atoms with van der Waals surface area (Å²) in [6.45, 7) is 6.10. The van der Waals surface area contributed by atoms with E-state index in [0.717, 1.165) is 47.4 Å². The van der Waals surface area contributed by atoms with E-state index in [4.69, 9.17) is 5.73 Å². The summed E-state index contributed by atoms with van der Waals surface area (Å²) < 4.78 is 4.27. The van der Waals surface area contributed by atoms with Crippen molar-refractivity contribution in [1.29, 1.82) is 0 Å². The minimum absolute atomic E-state index is 0.556. The number of piperazine rings is 1. The standard InChI is InChI=1S/C12H18N6S2/c1-8-7-19-11(14-8)9-10(13)16-20-12(9)15-18-5-3-17(2)4-6-18/h7,15H,3-6H2,1-2H3,(H2,13,16). The highest BCUT2D eigenvalue weighted by molar-refractivity contribution is 7.15. The zero-order valence-electron chi connectivity index (χ0n) is 11.6. The summed E-state index contributed by atoms with van der Waals surface area (Å²) in [5, 5.41) is 6.18. The van der Waals surface area contributed by atoms with Gasteiger partial charge in [-0.15, -0.1) is 11.3 Å². The maximum absolute atomic E-state index is 6.01. The number of anilines is 2. The van der Waals surface area contributed by atoms with Crippen molar-refractivity contribution >= 4 is 33.7 Å². The number of nitrogens with one attached hydrogen (secondary N) is 1. The van der Waals surface area contributed by atoms with Crippen LogP contribution < -0.4 is 11.2 Å². The molecule has 3 N–H and O–H groups in total. The van der Waals surface area contributed by atoms with Crippen LogP contribution in [0.1, 0.15) is 5.69 Å². The number of likely N-dealkylation sites (N-methyl/N-ethyl adjacent to an activating group) is 1. The molecule has 1 aliphatic rings. The molecule has 2 aromatic rings. The molecule has 2 aromatic heterocycles. The van der Waals surface area contributed by atoms with Gasteiger partial charge in [0.1, 0.15) is 15.8 Å². The average Bonchev–Trinajstić information content (AvgIpc) is 2.99. The van der Waals surface area contributed by atoms with Crippen molar-refractivity contribution in [1.82, 2.24) is 19.3 Å². The summed E-state index contributed by atoms with van der Waals surface area (Å²) in [6, 6.07) is 0. The molecule has 108 valence electrons. The van der Waals surface area contributed by atoms with Crippen LogP contribution in [0.4, 0.5) is 10.8 Å². The Morgan fingerprint density at radius 3 is 2.70 bits per heavy atom. The van der Waals surface area contributed by atoms with E-state index in [1.807, 2.05) is 12.3 Å². The lowest BCUT2D eigenvalue weighted by Crippen LogP contribution is -2.46. The second-order valence-electron chi connectivity index (χ2n) is 4.97. The van der Waals surface area contributed by atoms with E-state index < -0.39 is 0 Å². The summed E-state index contributed by atoms with van der Waals surface area (Å²) in [4.78, 5) is 6.84. The van der Waals surface area contributed by atoms with Crippen LogP contribution in [0.3, 0.4) is 0 Å². The van der Waals surface area contributed by atoms with Crippen LogP contribution in [0.5, 0.6) is 0 Å². The second-order valence-corrected chi connectivity index (χ2v) is 6.60. The minimum atomic E-state index is 0.556. The van der Waals surface area contributed by atoms with Crippen LogP contribution in [0, 0.1) is 6.92 Å². The molecule has 8 heteroatoms. The molecular weight excluding hydrogens is 292 g/mol. The minimum Gasteiger partial charge on any atom is -0.382 e. The van der Waals surface area contributed by atoms with Crippen molar-refractivity contribution in [3.8, 4) is 10.6 Å². The molecule has 1 fully saturated rings. The van der Waals surface area contributed by atoms with Crippen LogP contribution in [-0.4, -0.2) is 52.5 Å². The Kier molecular flexibility index (Phi) is 3.88. The summed E-state index contributed by atoms with van der Waals surface area (Å²) in [5.74, 6) is 0.556. The Labute approximate surface area is 126 Å². The zero-order valence-corrected chi connectivity index (χ0v) is 13.2. The van der Waals surface area contributed by atoms with E-state index in [1.54, 1.807) is 11.3 Å². The van der Waals surface area contributed by atoms with Crippen molar-refractivity contribution in [3.63, 3.8) is 0 Å². The number of nitrogen functional groups attached to an aromatic ring is 1. The summed E-state index contributed by atoms with van der Waals surface area (Å²) in [5.41, 5.74) is 11.4. The van der Waals surface area contributed by atoms with Crippen LogP contribution in [0.25, 0.3) is 10.6 Å². The van der Waals surface area contributed by atoms with Gasteiger partial charge in [-0.2, -0.15) is 4.37 Å². The van der Waals surface area contributed by atoms with Gasteiger partial charge >= 0.3 is 0 Å². The number of rotatable bonds is 3. The molecular formula is C12H18N6S2. The molecule has 20 heavy (non-hydrogen) atoms. The summed E-state index contributed by atoms with van der Waals surface area (Å²) >= 11 is 3.01. The molecule has 1 aliphatic heterocycles. The Bertz CT molecular complexity index is 585. The molecule has 0 spiro atoms. The predicted molar refractivity (Wildman–Crippen MR) is 85.1 cm³/mol. The van der Waals surface area contributed by atoms with Gasteiger partial charge in [0.05, 0.1) is 5.56 Å². The number of hydrogen-bond donors (Lipinski definition) is 2. The first-order valence-corrected chi connectivity index (χ1v) is 8.16. The number of aromatic nitrogens is 2. The summed E-state index contributed by atoms with van der Waals surface area (Å²) in [6.07, 6.45) is 0. The van der Waals surface area contributed by atoms with E-state index in [2.05, 4.69) is 31.7 Å². The topological polar surface area (TPSA) is 70.3 Å². The maximum Gasteiger partial charge on any atom is 0.149 e. The average molecular weight is 310 g/mol. The van der Waals surface area contributed by atoms with Gasteiger partial charge in [-0.3, -0.25) is 0 Å². The first-order chi connectivity index (χ1) is 9.63. The maximum atomic E-state index is 6.01. The molecule has 0 amide bonds. The van der Waals surface area contributed by atoms with Crippen LogP contribution in [-0.2, 0) is 0 Å². The highest BCUT2D eigenvalue weighted by Crippen LogP contribution is 2.38. The third kappa shape index (κ3) is 2.78. The molecule has 0 aromatic carbocycles. The van der Waals surface area contributed by atoms with Gasteiger partial charge in [-0.25, -0.2) is 9.99 Å². The van der Waals surface area contributed by atoms with Crippen molar-refractivity contribution in [2.75, 3.05) is 44.4 Å². The molecule has 3 heterocycles. The molecule has 0 aliphatic carbocycles.